The number of hydrogen-bond acceptors (Lipinski definition) is 3. The number of nitrogens with zero attached hydrogens (tertiary/aromatic N) is 2. The number of ether oxygens (including phenoxy) is 1. The molecule has 6 nitrogen and oxygen atoms in total. The highest BCUT2D eigenvalue weighted by atomic mass is 16.5. The van der Waals surface area contributed by atoms with Crippen LogP contribution in [0.2, 0.25) is 0 Å². The Kier molecular flexibility index (Phi) is 5.34. The molecule has 3 aliphatic rings. The van der Waals surface area contributed by atoms with Gasteiger partial charge in [-0.15, -0.1) is 0 Å². The maximum absolute atomic E-state index is 12.2. The molecule has 2 bridgehead atoms. The van der Waals surface area contributed by atoms with Gasteiger partial charge in [0.15, 0.2) is 5.96 Å². The molecular formula is C21H30N4O2. The minimum absolute atomic E-state index is 0.0386. The third kappa shape index (κ3) is 3.81. The Morgan fingerprint density at radius 1 is 1.22 bits per heavy atom. The van der Waals surface area contributed by atoms with Gasteiger partial charge in [0.2, 0.25) is 0 Å². The summed E-state index contributed by atoms with van der Waals surface area (Å²) in [5, 5.41) is 6.38. The maximum atomic E-state index is 12.2. The van der Waals surface area contributed by atoms with Gasteiger partial charge in [0, 0.05) is 43.6 Å². The number of fused-ring (bicyclic) bond motifs is 5. The summed E-state index contributed by atoms with van der Waals surface area (Å²) >= 11 is 0. The van der Waals surface area contributed by atoms with E-state index in [9.17, 15) is 4.79 Å². The molecule has 27 heavy (non-hydrogen) atoms. The number of carbonyl (C=O) groups is 1. The van der Waals surface area contributed by atoms with Gasteiger partial charge in [-0.2, -0.15) is 0 Å². The van der Waals surface area contributed by atoms with Crippen LogP contribution in [0, 0.1) is 18.8 Å². The second-order valence-corrected chi connectivity index (χ2v) is 7.88. The molecule has 0 radical (unpaired) electrons. The van der Waals surface area contributed by atoms with Crippen LogP contribution >= 0.6 is 0 Å². The number of amides is 1. The van der Waals surface area contributed by atoms with Gasteiger partial charge in [-0.1, -0.05) is 17.7 Å². The molecule has 3 fully saturated rings. The van der Waals surface area contributed by atoms with E-state index in [0.29, 0.717) is 42.7 Å². The lowest BCUT2D eigenvalue weighted by molar-refractivity contribution is 0.0767. The molecule has 0 saturated carbocycles. The van der Waals surface area contributed by atoms with Gasteiger partial charge in [-0.05, 0) is 38.8 Å². The first-order valence-corrected chi connectivity index (χ1v) is 10.2. The van der Waals surface area contributed by atoms with Crippen LogP contribution in [0.25, 0.3) is 0 Å². The molecule has 1 amide bonds. The summed E-state index contributed by atoms with van der Waals surface area (Å²) in [5.41, 5.74) is 1.79. The minimum atomic E-state index is -0.0386. The summed E-state index contributed by atoms with van der Waals surface area (Å²) in [6, 6.07) is 7.65. The maximum Gasteiger partial charge on any atom is 0.251 e. The van der Waals surface area contributed by atoms with Crippen molar-refractivity contribution >= 4 is 11.9 Å². The van der Waals surface area contributed by atoms with E-state index in [0.717, 1.165) is 31.2 Å². The number of aliphatic imine (C=N–C) groups is 1. The highest BCUT2D eigenvalue weighted by Crippen LogP contribution is 2.47. The van der Waals surface area contributed by atoms with Crippen molar-refractivity contribution in [2.75, 3.05) is 32.7 Å². The van der Waals surface area contributed by atoms with Gasteiger partial charge < -0.3 is 20.3 Å². The Morgan fingerprint density at radius 3 is 2.63 bits per heavy atom. The fourth-order valence-electron chi connectivity index (χ4n) is 4.78. The zero-order chi connectivity index (χ0) is 18.8. The molecular weight excluding hydrogens is 340 g/mol. The predicted molar refractivity (Wildman–Crippen MR) is 106 cm³/mol. The van der Waals surface area contributed by atoms with Gasteiger partial charge in [0.05, 0.1) is 18.8 Å². The van der Waals surface area contributed by atoms with Gasteiger partial charge in [-0.3, -0.25) is 9.79 Å². The summed E-state index contributed by atoms with van der Waals surface area (Å²) in [5.74, 6) is 2.25. The Morgan fingerprint density at radius 2 is 1.96 bits per heavy atom. The van der Waals surface area contributed by atoms with Crippen molar-refractivity contribution in [2.45, 2.75) is 38.9 Å². The average molecular weight is 370 g/mol. The molecule has 0 aromatic heterocycles. The highest BCUT2D eigenvalue weighted by Gasteiger charge is 2.53. The number of aryl methyl sites for hydroxylation is 1. The van der Waals surface area contributed by atoms with Crippen LogP contribution < -0.4 is 10.6 Å². The van der Waals surface area contributed by atoms with E-state index < -0.39 is 0 Å². The second kappa shape index (κ2) is 7.89. The van der Waals surface area contributed by atoms with Crippen molar-refractivity contribution in [1.29, 1.82) is 0 Å². The quantitative estimate of drug-likeness (QED) is 0.471. The van der Waals surface area contributed by atoms with Gasteiger partial charge >= 0.3 is 0 Å². The summed E-state index contributed by atoms with van der Waals surface area (Å²) in [7, 11) is 0. The molecule has 4 atom stereocenters. The Balaban J connectivity index is 1.30. The number of guanidine groups is 1. The van der Waals surface area contributed by atoms with Crippen LogP contribution in [-0.2, 0) is 4.74 Å². The first-order chi connectivity index (χ1) is 13.2. The minimum Gasteiger partial charge on any atom is -0.374 e. The first-order valence-electron chi connectivity index (χ1n) is 10.2. The zero-order valence-corrected chi connectivity index (χ0v) is 16.3. The number of nitrogens with one attached hydrogen (secondary N) is 2. The van der Waals surface area contributed by atoms with Crippen LogP contribution in [0.3, 0.4) is 0 Å². The molecule has 4 rings (SSSR count). The molecule has 4 unspecified atom stereocenters. The molecule has 146 valence electrons. The average Bonchev–Trinajstić information content (AvgIpc) is 3.37. The fraction of sp³-hybridized carbons (Fsp3) is 0.619. The van der Waals surface area contributed by atoms with Crippen molar-refractivity contribution in [1.82, 2.24) is 15.5 Å². The highest BCUT2D eigenvalue weighted by molar-refractivity contribution is 5.94. The molecule has 1 aromatic rings. The number of rotatable bonds is 5. The fourth-order valence-corrected chi connectivity index (χ4v) is 4.78. The normalized spacial score (nSPS) is 29.1. The van der Waals surface area contributed by atoms with E-state index in [4.69, 9.17) is 9.73 Å². The van der Waals surface area contributed by atoms with E-state index in [-0.39, 0.29) is 5.91 Å². The molecule has 0 spiro atoms. The lowest BCUT2D eigenvalue weighted by Gasteiger charge is -2.23. The zero-order valence-electron chi connectivity index (χ0n) is 16.3. The number of carbonyl (C=O) groups excluding carboxylic acids is 1. The summed E-state index contributed by atoms with van der Waals surface area (Å²) in [6.07, 6.45) is 3.36. The predicted octanol–water partition coefficient (Wildman–Crippen LogP) is 1.80. The smallest absolute Gasteiger partial charge is 0.251 e. The van der Waals surface area contributed by atoms with E-state index >= 15 is 0 Å². The molecule has 3 aliphatic heterocycles. The molecule has 3 heterocycles. The van der Waals surface area contributed by atoms with Crippen molar-refractivity contribution in [3.63, 3.8) is 0 Å². The summed E-state index contributed by atoms with van der Waals surface area (Å²) in [6.45, 7) is 8.13. The van der Waals surface area contributed by atoms with Crippen molar-refractivity contribution in [3.05, 3.63) is 35.4 Å². The summed E-state index contributed by atoms with van der Waals surface area (Å²) in [4.78, 5) is 19.4. The van der Waals surface area contributed by atoms with Gasteiger partial charge in [0.1, 0.15) is 0 Å². The number of likely N-dealkylation sites (tertiary alicyclic amines) is 1. The molecule has 2 N–H and O–H groups in total. The van der Waals surface area contributed by atoms with Crippen molar-refractivity contribution in [3.8, 4) is 0 Å². The molecule has 6 heteroatoms. The lowest BCUT2D eigenvalue weighted by Crippen LogP contribution is -2.41. The standard InChI is InChI=1S/C21H30N4O2/c1-3-22-21(25-12-16-17(13-25)19-8-7-18(16)27-19)24-10-9-23-20(26)15-6-4-5-14(2)11-15/h4-6,11,16-19H,3,7-10,12-13H2,1-2H3,(H,22,24)(H,23,26). The molecule has 3 saturated heterocycles. The molecule has 0 aliphatic carbocycles. The van der Waals surface area contributed by atoms with E-state index in [1.807, 2.05) is 31.2 Å². The van der Waals surface area contributed by atoms with E-state index in [1.54, 1.807) is 0 Å². The SMILES string of the molecule is CCNC(=NCCNC(=O)c1cccc(C)c1)N1CC2C3CCC(O3)C2C1. The van der Waals surface area contributed by atoms with Crippen molar-refractivity contribution < 1.29 is 9.53 Å². The van der Waals surface area contributed by atoms with Crippen LogP contribution in [0.1, 0.15) is 35.7 Å². The Labute approximate surface area is 161 Å². The van der Waals surface area contributed by atoms with Gasteiger partial charge in [0.25, 0.3) is 5.91 Å². The Hall–Kier alpha value is -2.08. The number of hydrogen-bond donors (Lipinski definition) is 2. The van der Waals surface area contributed by atoms with Crippen LogP contribution in [-0.4, -0.2) is 61.7 Å². The van der Waals surface area contributed by atoms with Crippen LogP contribution in [0.15, 0.2) is 29.3 Å². The lowest BCUT2D eigenvalue weighted by atomic mass is 9.82. The number of benzene rings is 1. The van der Waals surface area contributed by atoms with E-state index in [2.05, 4.69) is 22.5 Å². The molecule has 1 aromatic carbocycles. The van der Waals surface area contributed by atoms with E-state index in [1.165, 1.54) is 12.8 Å². The Bertz CT molecular complexity index is 702. The third-order valence-corrected chi connectivity index (χ3v) is 6.03. The van der Waals surface area contributed by atoms with Crippen LogP contribution in [0.5, 0.6) is 0 Å². The first kappa shape index (κ1) is 18.3. The monoisotopic (exact) mass is 370 g/mol. The van der Waals surface area contributed by atoms with Crippen molar-refractivity contribution in [2.24, 2.45) is 16.8 Å². The summed E-state index contributed by atoms with van der Waals surface area (Å²) < 4.78 is 6.07. The third-order valence-electron chi connectivity index (χ3n) is 6.03. The van der Waals surface area contributed by atoms with Crippen LogP contribution in [0.4, 0.5) is 0 Å². The second-order valence-electron chi connectivity index (χ2n) is 7.88. The largest absolute Gasteiger partial charge is 0.374 e. The van der Waals surface area contributed by atoms with Gasteiger partial charge in [-0.25, -0.2) is 0 Å². The topological polar surface area (TPSA) is 66.0 Å².